The van der Waals surface area contributed by atoms with Crippen molar-refractivity contribution in [1.82, 2.24) is 0 Å². The number of anilines is 3. The molecule has 2 heteroatoms. The number of rotatable bonds is 7. The molecule has 0 aliphatic heterocycles. The fraction of sp³-hybridized carbons (Fsp3) is 0.0182. The zero-order valence-corrected chi connectivity index (χ0v) is 30.9. The second kappa shape index (κ2) is 13.4. The van der Waals surface area contributed by atoms with Gasteiger partial charge in [-0.15, -0.1) is 0 Å². The first-order valence-electron chi connectivity index (χ1n) is 21.3. The Kier molecular flexibility index (Phi) is 6.81. The topological polar surface area (TPSA) is 16.4 Å². The molecule has 2 nitrogen and oxygen atoms in total. The number of fused-ring (bicyclic) bond motifs is 6. The molecule has 0 N–H and O–H groups in total. The monoisotopic (exact) mass is 731 g/mol. The molecule has 0 unspecified atom stereocenters. The molecule has 1 aliphatic carbocycles. The fourth-order valence-electron chi connectivity index (χ4n) is 8.98. The SMILES string of the molecule is [2H]c1c([2H])c(N(c2ccc(-c3cccc4c3oc3ccccc34)cc2)c2cccc3c2-c2ccccc2C3(c2ccccc2)c2ccccc2)c([2H])c([2H])c1-c1ccccc1. The Bertz CT molecular complexity index is 3220. The van der Waals surface area contributed by atoms with Gasteiger partial charge in [0.1, 0.15) is 11.2 Å². The summed E-state index contributed by atoms with van der Waals surface area (Å²) in [6, 6.07) is 67.2. The lowest BCUT2D eigenvalue weighted by Crippen LogP contribution is -2.28. The molecule has 0 fully saturated rings. The lowest BCUT2D eigenvalue weighted by molar-refractivity contribution is 0.670. The molecule has 0 saturated carbocycles. The maximum absolute atomic E-state index is 9.72. The Balaban J connectivity index is 1.19. The van der Waals surface area contributed by atoms with Crippen molar-refractivity contribution in [1.29, 1.82) is 0 Å². The van der Waals surface area contributed by atoms with Gasteiger partial charge in [0.25, 0.3) is 0 Å². The zero-order valence-electron chi connectivity index (χ0n) is 34.9. The molecule has 1 aromatic heterocycles. The van der Waals surface area contributed by atoms with Gasteiger partial charge in [0.15, 0.2) is 0 Å². The first kappa shape index (κ1) is 28.9. The first-order chi connectivity index (χ1) is 30.0. The molecule has 10 aromatic rings. The van der Waals surface area contributed by atoms with Crippen molar-refractivity contribution in [2.75, 3.05) is 4.90 Å². The van der Waals surface area contributed by atoms with Crippen LogP contribution in [0.3, 0.4) is 0 Å². The molecule has 11 rings (SSSR count). The van der Waals surface area contributed by atoms with Crippen molar-refractivity contribution in [2.24, 2.45) is 0 Å². The summed E-state index contributed by atoms with van der Waals surface area (Å²) < 4.78 is 44.7. The minimum Gasteiger partial charge on any atom is -0.455 e. The van der Waals surface area contributed by atoms with Gasteiger partial charge >= 0.3 is 0 Å². The summed E-state index contributed by atoms with van der Waals surface area (Å²) in [6.07, 6.45) is 0. The van der Waals surface area contributed by atoms with Gasteiger partial charge in [0.05, 0.1) is 16.6 Å². The molecular formula is C55H37NO. The average molecular weight is 732 g/mol. The summed E-state index contributed by atoms with van der Waals surface area (Å²) in [6.45, 7) is 0. The molecule has 1 heterocycles. The Morgan fingerprint density at radius 3 is 1.72 bits per heavy atom. The average Bonchev–Trinajstić information content (AvgIpc) is 3.85. The molecule has 9 aromatic carbocycles. The Hall–Kier alpha value is -7.42. The van der Waals surface area contributed by atoms with Gasteiger partial charge in [0, 0.05) is 33.3 Å². The van der Waals surface area contributed by atoms with Crippen molar-refractivity contribution >= 4 is 39.0 Å². The first-order valence-corrected chi connectivity index (χ1v) is 19.3. The third-order valence-corrected chi connectivity index (χ3v) is 11.4. The van der Waals surface area contributed by atoms with Gasteiger partial charge in [-0.2, -0.15) is 0 Å². The van der Waals surface area contributed by atoms with Crippen LogP contribution in [0.4, 0.5) is 17.1 Å². The Morgan fingerprint density at radius 1 is 0.404 bits per heavy atom. The normalized spacial score (nSPS) is 13.7. The molecule has 0 radical (unpaired) electrons. The van der Waals surface area contributed by atoms with E-state index in [4.69, 9.17) is 4.42 Å². The van der Waals surface area contributed by atoms with E-state index in [1.807, 2.05) is 83.8 Å². The summed E-state index contributed by atoms with van der Waals surface area (Å²) in [4.78, 5) is 1.93. The zero-order chi connectivity index (χ0) is 41.2. The number of benzene rings is 9. The van der Waals surface area contributed by atoms with Crippen LogP contribution in [0.2, 0.25) is 0 Å². The molecule has 0 spiro atoms. The molecular weight excluding hydrogens is 691 g/mol. The van der Waals surface area contributed by atoms with Gasteiger partial charge in [-0.25, -0.2) is 0 Å². The predicted molar refractivity (Wildman–Crippen MR) is 237 cm³/mol. The van der Waals surface area contributed by atoms with Crippen LogP contribution in [0.15, 0.2) is 229 Å². The van der Waals surface area contributed by atoms with Gasteiger partial charge in [-0.05, 0) is 80.9 Å². The van der Waals surface area contributed by atoms with Crippen LogP contribution < -0.4 is 4.90 Å². The Labute approximate surface area is 338 Å². The molecule has 0 atom stereocenters. The lowest BCUT2D eigenvalue weighted by atomic mass is 9.68. The number of hydrogen-bond acceptors (Lipinski definition) is 2. The van der Waals surface area contributed by atoms with E-state index in [1.165, 1.54) is 0 Å². The number of hydrogen-bond donors (Lipinski definition) is 0. The van der Waals surface area contributed by atoms with Crippen LogP contribution in [-0.4, -0.2) is 0 Å². The number of nitrogens with zero attached hydrogens (tertiary/aromatic N) is 1. The highest BCUT2D eigenvalue weighted by Gasteiger charge is 2.47. The van der Waals surface area contributed by atoms with Crippen LogP contribution in [0.1, 0.15) is 27.7 Å². The van der Waals surface area contributed by atoms with E-state index >= 15 is 0 Å². The number of furan rings is 1. The summed E-state index contributed by atoms with van der Waals surface area (Å²) in [7, 11) is 0. The second-order valence-corrected chi connectivity index (χ2v) is 14.5. The van der Waals surface area contributed by atoms with Crippen LogP contribution in [0, 0.1) is 0 Å². The molecule has 0 saturated heterocycles. The predicted octanol–water partition coefficient (Wildman–Crippen LogP) is 14.8. The highest BCUT2D eigenvalue weighted by molar-refractivity contribution is 6.09. The van der Waals surface area contributed by atoms with E-state index in [1.54, 1.807) is 0 Å². The third kappa shape index (κ3) is 5.18. The van der Waals surface area contributed by atoms with E-state index in [9.17, 15) is 5.48 Å². The van der Waals surface area contributed by atoms with E-state index in [0.717, 1.165) is 72.1 Å². The van der Waals surface area contributed by atoms with Crippen molar-refractivity contribution in [3.8, 4) is 33.4 Å². The lowest BCUT2D eigenvalue weighted by Gasteiger charge is -2.34. The molecule has 0 bridgehead atoms. The van der Waals surface area contributed by atoms with Crippen molar-refractivity contribution < 1.29 is 9.90 Å². The summed E-state index contributed by atoms with van der Waals surface area (Å²) in [5.74, 6) is 0. The fourth-order valence-corrected chi connectivity index (χ4v) is 8.98. The van der Waals surface area contributed by atoms with E-state index < -0.39 is 5.41 Å². The van der Waals surface area contributed by atoms with Gasteiger partial charge in [-0.3, -0.25) is 0 Å². The third-order valence-electron chi connectivity index (χ3n) is 11.4. The summed E-state index contributed by atoms with van der Waals surface area (Å²) in [5.41, 5.74) is 11.8. The minimum atomic E-state index is -0.683. The standard InChI is InChI=1S/C55H37NO/c1-4-16-38(17-5-1)39-30-34-43(35-31-39)56(44-36-32-40(33-37-44)45-24-14-25-47-46-22-11-13-29-52(46)57-54(45)47)51-28-15-27-50-53(51)48-23-10-12-26-49(48)55(50,41-18-6-2-7-19-41)42-20-8-3-9-21-42/h1-37H/i30D,31D,34D,35D. The van der Waals surface area contributed by atoms with Crippen molar-refractivity contribution in [2.45, 2.75) is 5.41 Å². The van der Waals surface area contributed by atoms with E-state index in [0.29, 0.717) is 11.3 Å². The number of para-hydroxylation sites is 2. The summed E-state index contributed by atoms with van der Waals surface area (Å²) >= 11 is 0. The smallest absolute Gasteiger partial charge is 0.143 e. The second-order valence-electron chi connectivity index (χ2n) is 14.5. The van der Waals surface area contributed by atoms with Gasteiger partial charge in [-0.1, -0.05) is 188 Å². The van der Waals surface area contributed by atoms with Gasteiger partial charge < -0.3 is 9.32 Å². The van der Waals surface area contributed by atoms with Crippen LogP contribution in [-0.2, 0) is 5.41 Å². The van der Waals surface area contributed by atoms with Crippen LogP contribution in [0.25, 0.3) is 55.3 Å². The van der Waals surface area contributed by atoms with Crippen LogP contribution >= 0.6 is 0 Å². The summed E-state index contributed by atoms with van der Waals surface area (Å²) in [5, 5.41) is 2.10. The Morgan fingerprint density at radius 2 is 0.982 bits per heavy atom. The van der Waals surface area contributed by atoms with Crippen molar-refractivity contribution in [3.05, 3.63) is 247 Å². The molecule has 57 heavy (non-hydrogen) atoms. The van der Waals surface area contributed by atoms with Crippen LogP contribution in [0.5, 0.6) is 0 Å². The maximum atomic E-state index is 9.72. The highest BCUT2D eigenvalue weighted by atomic mass is 16.3. The molecule has 1 aliphatic rings. The highest BCUT2D eigenvalue weighted by Crippen LogP contribution is 2.59. The maximum Gasteiger partial charge on any atom is 0.143 e. The van der Waals surface area contributed by atoms with Gasteiger partial charge in [0.2, 0.25) is 0 Å². The molecule has 268 valence electrons. The van der Waals surface area contributed by atoms with E-state index in [2.05, 4.69) is 121 Å². The largest absolute Gasteiger partial charge is 0.455 e. The van der Waals surface area contributed by atoms with E-state index in [-0.39, 0.29) is 35.4 Å². The molecule has 0 amide bonds. The minimum absolute atomic E-state index is 0.101. The quantitative estimate of drug-likeness (QED) is 0.162. The van der Waals surface area contributed by atoms with Crippen molar-refractivity contribution in [3.63, 3.8) is 0 Å².